The molecule has 0 aliphatic heterocycles. The Hall–Kier alpha value is -0.920. The Balaban J connectivity index is 0.00000162. The van der Waals surface area contributed by atoms with Crippen LogP contribution in [0.3, 0.4) is 0 Å². The zero-order chi connectivity index (χ0) is 12.6. The van der Waals surface area contributed by atoms with Crippen LogP contribution in [-0.2, 0) is 10.1 Å². The number of rotatable bonds is 2. The molecule has 0 spiro atoms. The summed E-state index contributed by atoms with van der Waals surface area (Å²) < 4.78 is 30.8. The molecule has 18 heavy (non-hydrogen) atoms. The average molecular weight is 276 g/mol. The Bertz CT molecular complexity index is 714. The molecule has 0 heterocycles. The molecule has 2 N–H and O–H groups in total. The van der Waals surface area contributed by atoms with Crippen LogP contribution in [0.2, 0.25) is 0 Å². The van der Waals surface area contributed by atoms with Gasteiger partial charge in [-0.3, -0.25) is 4.55 Å². The molecule has 0 bridgehead atoms. The van der Waals surface area contributed by atoms with Crippen molar-refractivity contribution in [3.63, 3.8) is 0 Å². The summed E-state index contributed by atoms with van der Waals surface area (Å²) in [5, 5.41) is 9.95. The Morgan fingerprint density at radius 2 is 1.67 bits per heavy atom. The molecule has 0 unspecified atom stereocenters. The van der Waals surface area contributed by atoms with Crippen LogP contribution in [0.15, 0.2) is 41.3 Å². The molecule has 0 saturated carbocycles. The predicted molar refractivity (Wildman–Crippen MR) is 61.8 cm³/mol. The number of carboxylic acids is 1. The zero-order valence-corrected chi connectivity index (χ0v) is 12.3. The van der Waals surface area contributed by atoms with Crippen LogP contribution in [0.25, 0.3) is 10.8 Å². The minimum Gasteiger partial charge on any atom is -1.00 e. The number of hydrogen-bond acceptors (Lipinski definition) is 3. The van der Waals surface area contributed by atoms with E-state index in [1.165, 1.54) is 30.3 Å². The van der Waals surface area contributed by atoms with Gasteiger partial charge in [0, 0.05) is 0 Å². The van der Waals surface area contributed by atoms with Gasteiger partial charge < -0.3 is 6.53 Å². The molecule has 0 aliphatic carbocycles. The van der Waals surface area contributed by atoms with E-state index < -0.39 is 16.1 Å². The van der Waals surface area contributed by atoms with Crippen molar-refractivity contribution >= 4 is 26.9 Å². The third kappa shape index (κ3) is 3.09. The Morgan fingerprint density at radius 1 is 1.06 bits per heavy atom. The van der Waals surface area contributed by atoms with Crippen molar-refractivity contribution in [3.8, 4) is 0 Å². The molecule has 2 aromatic carbocycles. The fraction of sp³-hybridized carbons (Fsp3) is 0. The van der Waals surface area contributed by atoms with E-state index in [1.807, 2.05) is 0 Å². The fourth-order valence-electron chi connectivity index (χ4n) is 1.52. The first-order valence-corrected chi connectivity index (χ1v) is 6.06. The van der Waals surface area contributed by atoms with Gasteiger partial charge >= 0.3 is 35.5 Å². The second-order valence-electron chi connectivity index (χ2n) is 3.50. The second-order valence-corrected chi connectivity index (χ2v) is 4.93. The number of benzene rings is 2. The molecular formula is C11H9NaO5S. The molecule has 0 amide bonds. The standard InChI is InChI=1S/C11H8O5S.Na.H/c12-11(13)8-2-1-7-3-4-10(17(14,15)16)6-9(7)5-8;;/h1-6H,(H,12,13)(H,14,15,16);;/q;+1;-1. The summed E-state index contributed by atoms with van der Waals surface area (Å²) >= 11 is 0. The predicted octanol–water partition coefficient (Wildman–Crippen LogP) is -1.10. The van der Waals surface area contributed by atoms with E-state index >= 15 is 0 Å². The van der Waals surface area contributed by atoms with Gasteiger partial charge in [0.15, 0.2) is 0 Å². The Labute approximate surface area is 127 Å². The molecule has 2 aromatic rings. The summed E-state index contributed by atoms with van der Waals surface area (Å²) in [6, 6.07) is 8.36. The molecular weight excluding hydrogens is 267 g/mol. The maximum atomic E-state index is 10.9. The van der Waals surface area contributed by atoms with Gasteiger partial charge in [-0.05, 0) is 35.0 Å². The van der Waals surface area contributed by atoms with Crippen LogP contribution in [0.4, 0.5) is 0 Å². The van der Waals surface area contributed by atoms with Crippen molar-refractivity contribution in [2.75, 3.05) is 0 Å². The van der Waals surface area contributed by atoms with Crippen LogP contribution in [-0.4, -0.2) is 24.0 Å². The number of aromatic carboxylic acids is 1. The first-order chi connectivity index (χ1) is 7.88. The van der Waals surface area contributed by atoms with E-state index in [4.69, 9.17) is 9.66 Å². The van der Waals surface area contributed by atoms with Gasteiger partial charge in [-0.1, -0.05) is 12.1 Å². The van der Waals surface area contributed by atoms with Crippen LogP contribution >= 0.6 is 0 Å². The molecule has 5 nitrogen and oxygen atoms in total. The van der Waals surface area contributed by atoms with Crippen molar-refractivity contribution in [1.29, 1.82) is 0 Å². The number of carbonyl (C=O) groups is 1. The average Bonchev–Trinajstić information content (AvgIpc) is 2.26. The summed E-state index contributed by atoms with van der Waals surface area (Å²) in [4.78, 5) is 10.5. The number of carboxylic acid groups (broad SMARTS) is 1. The van der Waals surface area contributed by atoms with Crippen LogP contribution in [0.5, 0.6) is 0 Å². The van der Waals surface area contributed by atoms with Gasteiger partial charge in [-0.2, -0.15) is 8.42 Å². The first-order valence-electron chi connectivity index (χ1n) is 4.62. The molecule has 0 atom stereocenters. The largest absolute Gasteiger partial charge is 1.00 e. The second kappa shape index (κ2) is 5.38. The van der Waals surface area contributed by atoms with Gasteiger partial charge in [0.05, 0.1) is 10.5 Å². The van der Waals surface area contributed by atoms with E-state index in [1.54, 1.807) is 6.07 Å². The van der Waals surface area contributed by atoms with E-state index in [0.717, 1.165) is 0 Å². The Morgan fingerprint density at radius 3 is 2.22 bits per heavy atom. The smallest absolute Gasteiger partial charge is 1.00 e. The summed E-state index contributed by atoms with van der Waals surface area (Å²) in [7, 11) is -4.27. The van der Waals surface area contributed by atoms with E-state index in [0.29, 0.717) is 10.8 Å². The van der Waals surface area contributed by atoms with Crippen molar-refractivity contribution in [3.05, 3.63) is 42.0 Å². The van der Waals surface area contributed by atoms with Gasteiger partial charge in [0.1, 0.15) is 0 Å². The van der Waals surface area contributed by atoms with Crippen molar-refractivity contribution in [1.82, 2.24) is 0 Å². The van der Waals surface area contributed by atoms with E-state index in [9.17, 15) is 13.2 Å². The summed E-state index contributed by atoms with van der Waals surface area (Å²) in [6.07, 6.45) is 0. The molecule has 0 saturated heterocycles. The topological polar surface area (TPSA) is 91.7 Å². The third-order valence-electron chi connectivity index (χ3n) is 2.36. The summed E-state index contributed by atoms with van der Waals surface area (Å²) in [5.74, 6) is -1.09. The van der Waals surface area contributed by atoms with Gasteiger partial charge in [-0.15, -0.1) is 0 Å². The quantitative estimate of drug-likeness (QED) is 0.537. The van der Waals surface area contributed by atoms with Gasteiger partial charge in [0.25, 0.3) is 10.1 Å². The monoisotopic (exact) mass is 276 g/mol. The van der Waals surface area contributed by atoms with E-state index in [-0.39, 0.29) is 41.4 Å². The van der Waals surface area contributed by atoms with Crippen molar-refractivity contribution < 1.29 is 53.9 Å². The van der Waals surface area contributed by atoms with Crippen LogP contribution < -0.4 is 29.6 Å². The summed E-state index contributed by atoms with van der Waals surface area (Å²) in [5.41, 5.74) is 0.0602. The normalized spacial score (nSPS) is 10.9. The van der Waals surface area contributed by atoms with Gasteiger partial charge in [0.2, 0.25) is 0 Å². The Kier molecular flexibility index (Phi) is 4.52. The van der Waals surface area contributed by atoms with Crippen molar-refractivity contribution in [2.45, 2.75) is 4.90 Å². The molecule has 90 valence electrons. The SMILES string of the molecule is O=C(O)c1ccc2ccc(S(=O)(=O)O)cc2c1.[H-].[Na+]. The van der Waals surface area contributed by atoms with Crippen LogP contribution in [0.1, 0.15) is 11.8 Å². The van der Waals surface area contributed by atoms with Crippen LogP contribution in [0, 0.1) is 0 Å². The number of hydrogen-bond donors (Lipinski definition) is 2. The molecule has 0 aromatic heterocycles. The molecule has 0 fully saturated rings. The summed E-state index contributed by atoms with van der Waals surface area (Å²) in [6.45, 7) is 0. The molecule has 0 aliphatic rings. The van der Waals surface area contributed by atoms with Crippen molar-refractivity contribution in [2.24, 2.45) is 0 Å². The maximum absolute atomic E-state index is 10.9. The minimum atomic E-state index is -4.27. The molecule has 2 rings (SSSR count). The molecule has 7 heteroatoms. The fourth-order valence-corrected chi connectivity index (χ4v) is 2.03. The van der Waals surface area contributed by atoms with Gasteiger partial charge in [-0.25, -0.2) is 4.79 Å². The first kappa shape index (κ1) is 15.1. The minimum absolute atomic E-state index is 0. The third-order valence-corrected chi connectivity index (χ3v) is 3.21. The zero-order valence-electron chi connectivity index (χ0n) is 10.5. The molecule has 0 radical (unpaired) electrons. The van der Waals surface area contributed by atoms with E-state index in [2.05, 4.69) is 0 Å². The maximum Gasteiger partial charge on any atom is 1.00 e. The number of fused-ring (bicyclic) bond motifs is 1.